The van der Waals surface area contributed by atoms with Crippen LogP contribution in [0.5, 0.6) is 0 Å². The van der Waals surface area contributed by atoms with Gasteiger partial charge in [-0.25, -0.2) is 4.98 Å². The topological polar surface area (TPSA) is 100 Å². The van der Waals surface area contributed by atoms with E-state index >= 15 is 0 Å². The minimum atomic E-state index is -0.245. The maximum absolute atomic E-state index is 11.3. The lowest BCUT2D eigenvalue weighted by atomic mass is 10.2. The van der Waals surface area contributed by atoms with Crippen molar-refractivity contribution in [3.05, 3.63) is 12.1 Å². The Morgan fingerprint density at radius 3 is 2.14 bits per heavy atom. The zero-order valence-corrected chi connectivity index (χ0v) is 12.6. The summed E-state index contributed by atoms with van der Waals surface area (Å²) < 4.78 is 0.744. The van der Waals surface area contributed by atoms with E-state index in [1.54, 1.807) is 12.1 Å². The van der Waals surface area contributed by atoms with Gasteiger partial charge in [-0.05, 0) is 12.1 Å². The van der Waals surface area contributed by atoms with Crippen LogP contribution in [0.4, 0.5) is 16.5 Å². The Hall–Kier alpha value is -2.48. The highest BCUT2D eigenvalue weighted by Crippen LogP contribution is 2.34. The van der Waals surface area contributed by atoms with Crippen LogP contribution in [0.2, 0.25) is 0 Å². The van der Waals surface area contributed by atoms with Crippen LogP contribution in [-0.2, 0) is 14.4 Å². The Balaban J connectivity index is 2.52. The number of rotatable bonds is 3. The molecular weight excluding hydrogens is 292 g/mol. The van der Waals surface area contributed by atoms with Crippen molar-refractivity contribution in [3.8, 4) is 0 Å². The molecule has 8 heteroatoms. The Morgan fingerprint density at radius 1 is 0.952 bits per heavy atom. The van der Waals surface area contributed by atoms with Crippen molar-refractivity contribution in [3.63, 3.8) is 0 Å². The fourth-order valence-electron chi connectivity index (χ4n) is 1.79. The third kappa shape index (κ3) is 3.76. The molecule has 3 N–H and O–H groups in total. The van der Waals surface area contributed by atoms with Crippen LogP contribution < -0.4 is 16.0 Å². The lowest BCUT2D eigenvalue weighted by Crippen LogP contribution is -2.09. The first kappa shape index (κ1) is 14.9. The summed E-state index contributed by atoms with van der Waals surface area (Å²) in [6.45, 7) is 4.18. The third-order valence-corrected chi connectivity index (χ3v) is 3.33. The monoisotopic (exact) mass is 306 g/mol. The smallest absolute Gasteiger partial charge is 0.223 e. The highest BCUT2D eigenvalue weighted by Gasteiger charge is 2.12. The Bertz CT molecular complexity index is 738. The van der Waals surface area contributed by atoms with Crippen LogP contribution in [0.15, 0.2) is 12.1 Å². The van der Waals surface area contributed by atoms with Crippen molar-refractivity contribution in [2.45, 2.75) is 20.8 Å². The molecule has 21 heavy (non-hydrogen) atoms. The number of carbonyl (C=O) groups is 3. The van der Waals surface area contributed by atoms with Crippen LogP contribution in [-0.4, -0.2) is 22.7 Å². The van der Waals surface area contributed by atoms with Gasteiger partial charge in [0.05, 0.1) is 10.4 Å². The lowest BCUT2D eigenvalue weighted by molar-refractivity contribution is -0.115. The summed E-state index contributed by atoms with van der Waals surface area (Å²) in [5, 5.41) is 8.37. The van der Waals surface area contributed by atoms with Gasteiger partial charge in [0.25, 0.3) is 0 Å². The maximum Gasteiger partial charge on any atom is 0.223 e. The van der Waals surface area contributed by atoms with Crippen LogP contribution in [0.1, 0.15) is 20.8 Å². The van der Waals surface area contributed by atoms with E-state index < -0.39 is 0 Å². The van der Waals surface area contributed by atoms with Gasteiger partial charge in [0.2, 0.25) is 17.7 Å². The van der Waals surface area contributed by atoms with E-state index in [-0.39, 0.29) is 17.7 Å². The summed E-state index contributed by atoms with van der Waals surface area (Å²) in [5.41, 5.74) is 1.60. The van der Waals surface area contributed by atoms with E-state index in [1.807, 2.05) is 0 Å². The molecule has 0 bridgehead atoms. The fraction of sp³-hybridized carbons (Fsp3) is 0.231. The Morgan fingerprint density at radius 2 is 1.57 bits per heavy atom. The third-order valence-electron chi connectivity index (χ3n) is 2.41. The first-order chi connectivity index (χ1) is 9.85. The second kappa shape index (κ2) is 5.88. The number of fused-ring (bicyclic) bond motifs is 1. The first-order valence-electron chi connectivity index (χ1n) is 6.12. The summed E-state index contributed by atoms with van der Waals surface area (Å²) in [7, 11) is 0. The van der Waals surface area contributed by atoms with Crippen LogP contribution >= 0.6 is 11.3 Å². The quantitative estimate of drug-likeness (QED) is 0.809. The largest absolute Gasteiger partial charge is 0.326 e. The SMILES string of the molecule is CC(=O)Nc1cc(NC(C)=O)c2nc(NC(C)=O)sc2c1. The van der Waals surface area contributed by atoms with Gasteiger partial charge in [-0.2, -0.15) is 0 Å². The molecule has 0 radical (unpaired) electrons. The second-order valence-corrected chi connectivity index (χ2v) is 5.46. The van der Waals surface area contributed by atoms with Crippen molar-refractivity contribution < 1.29 is 14.4 Å². The summed E-state index contributed by atoms with van der Waals surface area (Å²) >= 11 is 1.26. The molecule has 0 fully saturated rings. The molecule has 1 aromatic heterocycles. The molecule has 2 aromatic rings. The van der Waals surface area contributed by atoms with Crippen LogP contribution in [0.25, 0.3) is 10.2 Å². The molecule has 7 nitrogen and oxygen atoms in total. The molecular formula is C13H14N4O3S. The molecule has 0 spiro atoms. The number of anilines is 3. The van der Waals surface area contributed by atoms with Gasteiger partial charge in [0.1, 0.15) is 5.52 Å². The Labute approximate surface area is 124 Å². The van der Waals surface area contributed by atoms with Gasteiger partial charge in [-0.3, -0.25) is 14.4 Å². The standard InChI is InChI=1S/C13H14N4O3S/c1-6(18)14-9-4-10(15-7(2)19)12-11(5-9)21-13(17-12)16-8(3)20/h4-5H,1-3H3,(H,14,18)(H,15,19)(H,16,17,20). The molecule has 2 rings (SSSR count). The molecule has 0 saturated carbocycles. The van der Waals surface area contributed by atoms with E-state index in [4.69, 9.17) is 0 Å². The van der Waals surface area contributed by atoms with Crippen molar-refractivity contribution >= 4 is 55.8 Å². The normalized spacial score (nSPS) is 10.2. The number of aromatic nitrogens is 1. The highest BCUT2D eigenvalue weighted by molar-refractivity contribution is 7.22. The summed E-state index contributed by atoms with van der Waals surface area (Å²) in [5.74, 6) is -0.683. The van der Waals surface area contributed by atoms with Gasteiger partial charge in [0.15, 0.2) is 5.13 Å². The van der Waals surface area contributed by atoms with Crippen LogP contribution in [0.3, 0.4) is 0 Å². The first-order valence-corrected chi connectivity index (χ1v) is 6.94. The van der Waals surface area contributed by atoms with E-state index in [9.17, 15) is 14.4 Å². The molecule has 1 aromatic carbocycles. The van der Waals surface area contributed by atoms with Crippen molar-refractivity contribution in [1.29, 1.82) is 0 Å². The molecule has 0 aliphatic rings. The number of hydrogen-bond acceptors (Lipinski definition) is 5. The maximum atomic E-state index is 11.3. The number of thiazole rings is 1. The van der Waals surface area contributed by atoms with Gasteiger partial charge in [-0.1, -0.05) is 11.3 Å². The summed E-state index contributed by atoms with van der Waals surface area (Å²) in [4.78, 5) is 37.8. The minimum Gasteiger partial charge on any atom is -0.326 e. The van der Waals surface area contributed by atoms with Crippen molar-refractivity contribution in [2.75, 3.05) is 16.0 Å². The summed E-state index contributed by atoms with van der Waals surface area (Å²) in [6.07, 6.45) is 0. The average Bonchev–Trinajstić information content (AvgIpc) is 2.68. The van der Waals surface area contributed by atoms with Gasteiger partial charge >= 0.3 is 0 Å². The van der Waals surface area contributed by atoms with Gasteiger partial charge in [-0.15, -0.1) is 0 Å². The van der Waals surface area contributed by atoms with E-state index in [2.05, 4.69) is 20.9 Å². The minimum absolute atomic E-state index is 0.213. The fourth-order valence-corrected chi connectivity index (χ4v) is 2.77. The molecule has 0 saturated heterocycles. The number of hydrogen-bond donors (Lipinski definition) is 3. The zero-order chi connectivity index (χ0) is 15.6. The van der Waals surface area contributed by atoms with Gasteiger partial charge < -0.3 is 16.0 Å². The Kier molecular flexibility index (Phi) is 4.18. The van der Waals surface area contributed by atoms with Gasteiger partial charge in [0, 0.05) is 26.5 Å². The average molecular weight is 306 g/mol. The predicted molar refractivity (Wildman–Crippen MR) is 82.5 cm³/mol. The molecule has 3 amide bonds. The number of nitrogens with one attached hydrogen (secondary N) is 3. The van der Waals surface area contributed by atoms with Crippen molar-refractivity contribution in [1.82, 2.24) is 4.98 Å². The second-order valence-electron chi connectivity index (χ2n) is 4.43. The molecule has 1 heterocycles. The van der Waals surface area contributed by atoms with Crippen LogP contribution in [0, 0.1) is 0 Å². The number of benzene rings is 1. The van der Waals surface area contributed by atoms with E-state index in [1.165, 1.54) is 32.1 Å². The predicted octanol–water partition coefficient (Wildman–Crippen LogP) is 2.17. The van der Waals surface area contributed by atoms with E-state index in [0.29, 0.717) is 22.0 Å². The van der Waals surface area contributed by atoms with E-state index in [0.717, 1.165) is 4.70 Å². The molecule has 110 valence electrons. The molecule has 0 unspecified atom stereocenters. The number of carbonyl (C=O) groups excluding carboxylic acids is 3. The molecule has 0 atom stereocenters. The molecule has 0 aliphatic carbocycles. The van der Waals surface area contributed by atoms with Crippen molar-refractivity contribution in [2.24, 2.45) is 0 Å². The zero-order valence-electron chi connectivity index (χ0n) is 11.7. The summed E-state index contributed by atoms with van der Waals surface area (Å²) in [6, 6.07) is 3.37. The highest BCUT2D eigenvalue weighted by atomic mass is 32.1. The lowest BCUT2D eigenvalue weighted by Gasteiger charge is -2.07. The number of amides is 3. The number of nitrogens with zero attached hydrogens (tertiary/aromatic N) is 1. The molecule has 0 aliphatic heterocycles.